The van der Waals surface area contributed by atoms with Crippen LogP contribution < -0.4 is 10.4 Å². The highest BCUT2D eigenvalue weighted by Crippen LogP contribution is 2.43. The SMILES string of the molecule is CC(C)c1ccc2c([O-])cc3c(c2c1)C(C(C)Cl)CN3. The zero-order valence-electron chi connectivity index (χ0n) is 12.0. The van der Waals surface area contributed by atoms with Crippen LogP contribution in [0.4, 0.5) is 5.69 Å². The van der Waals surface area contributed by atoms with Gasteiger partial charge < -0.3 is 10.4 Å². The lowest BCUT2D eigenvalue weighted by atomic mass is 9.90. The van der Waals surface area contributed by atoms with Gasteiger partial charge in [-0.3, -0.25) is 0 Å². The third-order valence-corrected chi connectivity index (χ3v) is 4.57. The van der Waals surface area contributed by atoms with E-state index in [9.17, 15) is 5.11 Å². The molecule has 1 N–H and O–H groups in total. The maximum Gasteiger partial charge on any atom is 0.0394 e. The molecule has 0 fully saturated rings. The Morgan fingerprint density at radius 2 is 1.95 bits per heavy atom. The molecule has 3 rings (SSSR count). The second-order valence-electron chi connectivity index (χ2n) is 5.96. The molecule has 1 aliphatic rings. The van der Waals surface area contributed by atoms with Crippen LogP contribution in [0.15, 0.2) is 24.3 Å². The Morgan fingerprint density at radius 3 is 2.60 bits per heavy atom. The number of halogens is 1. The van der Waals surface area contributed by atoms with Crippen LogP contribution in [0.3, 0.4) is 0 Å². The maximum absolute atomic E-state index is 12.2. The van der Waals surface area contributed by atoms with Crippen LogP contribution in [0.5, 0.6) is 5.75 Å². The molecule has 0 radical (unpaired) electrons. The van der Waals surface area contributed by atoms with Gasteiger partial charge in [0, 0.05) is 23.5 Å². The molecule has 0 aromatic heterocycles. The molecule has 1 heterocycles. The summed E-state index contributed by atoms with van der Waals surface area (Å²) >= 11 is 6.34. The molecule has 2 unspecified atom stereocenters. The van der Waals surface area contributed by atoms with Crippen molar-refractivity contribution in [2.24, 2.45) is 0 Å². The van der Waals surface area contributed by atoms with E-state index in [1.807, 2.05) is 13.0 Å². The number of hydrogen-bond acceptors (Lipinski definition) is 2. The zero-order valence-corrected chi connectivity index (χ0v) is 12.8. The first-order chi connectivity index (χ1) is 9.49. The molecule has 0 bridgehead atoms. The Kier molecular flexibility index (Phi) is 3.29. The molecular weight excluding hydrogens is 270 g/mol. The molecule has 2 nitrogen and oxygen atoms in total. The van der Waals surface area contributed by atoms with Gasteiger partial charge in [0.15, 0.2) is 0 Å². The minimum atomic E-state index is 0.0483. The molecule has 1 aliphatic heterocycles. The second kappa shape index (κ2) is 4.85. The highest BCUT2D eigenvalue weighted by molar-refractivity contribution is 6.21. The summed E-state index contributed by atoms with van der Waals surface area (Å²) < 4.78 is 0. The average Bonchev–Trinajstić information content (AvgIpc) is 2.82. The molecule has 2 atom stereocenters. The number of hydrogen-bond donors (Lipinski definition) is 1. The van der Waals surface area contributed by atoms with Crippen molar-refractivity contribution in [3.63, 3.8) is 0 Å². The first-order valence-corrected chi connectivity index (χ1v) is 7.58. The van der Waals surface area contributed by atoms with Crippen molar-refractivity contribution in [2.45, 2.75) is 38.0 Å². The van der Waals surface area contributed by atoms with Crippen LogP contribution in [0.2, 0.25) is 0 Å². The molecule has 106 valence electrons. The van der Waals surface area contributed by atoms with Gasteiger partial charge in [0.25, 0.3) is 0 Å². The van der Waals surface area contributed by atoms with Gasteiger partial charge in [-0.1, -0.05) is 37.8 Å². The van der Waals surface area contributed by atoms with Gasteiger partial charge in [0.05, 0.1) is 0 Å². The third-order valence-electron chi connectivity index (χ3n) is 4.27. The van der Waals surface area contributed by atoms with Gasteiger partial charge in [-0.05, 0) is 40.8 Å². The fraction of sp³-hybridized carbons (Fsp3) is 0.412. The number of alkyl halides is 1. The lowest BCUT2D eigenvalue weighted by Gasteiger charge is -2.20. The van der Waals surface area contributed by atoms with E-state index in [-0.39, 0.29) is 17.0 Å². The average molecular weight is 289 g/mol. The van der Waals surface area contributed by atoms with Crippen LogP contribution in [0, 0.1) is 0 Å². The topological polar surface area (TPSA) is 35.1 Å². The molecule has 2 aromatic carbocycles. The van der Waals surface area contributed by atoms with Gasteiger partial charge in [-0.25, -0.2) is 0 Å². The predicted molar refractivity (Wildman–Crippen MR) is 84.0 cm³/mol. The molecule has 0 amide bonds. The van der Waals surface area contributed by atoms with Crippen molar-refractivity contribution in [3.8, 4) is 5.75 Å². The third kappa shape index (κ3) is 2.03. The zero-order chi connectivity index (χ0) is 14.4. The van der Waals surface area contributed by atoms with Gasteiger partial charge in [-0.2, -0.15) is 0 Å². The van der Waals surface area contributed by atoms with E-state index < -0.39 is 0 Å². The second-order valence-corrected chi connectivity index (χ2v) is 6.65. The van der Waals surface area contributed by atoms with Crippen LogP contribution in [0.1, 0.15) is 43.7 Å². The molecule has 20 heavy (non-hydrogen) atoms. The Morgan fingerprint density at radius 1 is 1.20 bits per heavy atom. The van der Waals surface area contributed by atoms with Crippen molar-refractivity contribution in [3.05, 3.63) is 35.4 Å². The molecular formula is C17H19ClNO-. The van der Waals surface area contributed by atoms with Crippen LogP contribution >= 0.6 is 11.6 Å². The van der Waals surface area contributed by atoms with E-state index in [1.165, 1.54) is 11.1 Å². The van der Waals surface area contributed by atoms with Crippen molar-refractivity contribution >= 4 is 28.1 Å². The smallest absolute Gasteiger partial charge is 0.0394 e. The monoisotopic (exact) mass is 288 g/mol. The minimum absolute atomic E-state index is 0.0483. The van der Waals surface area contributed by atoms with E-state index in [0.29, 0.717) is 5.92 Å². The lowest BCUT2D eigenvalue weighted by Crippen LogP contribution is -2.11. The summed E-state index contributed by atoms with van der Waals surface area (Å²) in [5, 5.41) is 17.5. The largest absolute Gasteiger partial charge is 0.872 e. The number of fused-ring (bicyclic) bond motifs is 3. The van der Waals surface area contributed by atoms with E-state index in [4.69, 9.17) is 11.6 Å². The summed E-state index contributed by atoms with van der Waals surface area (Å²) in [5.41, 5.74) is 3.43. The highest BCUT2D eigenvalue weighted by atomic mass is 35.5. The molecule has 0 saturated carbocycles. The maximum atomic E-state index is 12.2. The Hall–Kier alpha value is -1.41. The molecule has 0 saturated heterocycles. The highest BCUT2D eigenvalue weighted by Gasteiger charge is 2.28. The fourth-order valence-corrected chi connectivity index (χ4v) is 3.27. The normalized spacial score (nSPS) is 19.1. The summed E-state index contributed by atoms with van der Waals surface area (Å²) in [6, 6.07) is 7.90. The van der Waals surface area contributed by atoms with E-state index in [0.717, 1.165) is 23.0 Å². The molecule has 0 spiro atoms. The van der Waals surface area contributed by atoms with E-state index >= 15 is 0 Å². The summed E-state index contributed by atoms with van der Waals surface area (Å²) in [7, 11) is 0. The first-order valence-electron chi connectivity index (χ1n) is 7.14. The van der Waals surface area contributed by atoms with Gasteiger partial charge in [-0.15, -0.1) is 11.6 Å². The van der Waals surface area contributed by atoms with Crippen LogP contribution in [-0.2, 0) is 0 Å². The van der Waals surface area contributed by atoms with Gasteiger partial charge >= 0.3 is 0 Å². The van der Waals surface area contributed by atoms with Crippen molar-refractivity contribution in [1.82, 2.24) is 0 Å². The predicted octanol–water partition coefficient (Wildman–Crippen LogP) is 4.17. The molecule has 2 aromatic rings. The quantitative estimate of drug-likeness (QED) is 0.842. The lowest BCUT2D eigenvalue weighted by molar-refractivity contribution is -0.265. The standard InChI is InChI=1S/C17H20ClNO/c1-9(2)11-4-5-12-13(6-11)17-14(10(3)18)8-19-15(17)7-16(12)20/h4-7,9-10,14,19-20H,8H2,1-3H3/p-1. The fourth-order valence-electron chi connectivity index (χ4n) is 3.05. The Bertz CT molecular complexity index is 664. The van der Waals surface area contributed by atoms with E-state index in [2.05, 4.69) is 31.3 Å². The Labute approximate surface area is 124 Å². The minimum Gasteiger partial charge on any atom is -0.872 e. The number of nitrogens with one attached hydrogen (secondary N) is 1. The van der Waals surface area contributed by atoms with E-state index in [1.54, 1.807) is 6.07 Å². The van der Waals surface area contributed by atoms with Crippen LogP contribution in [0.25, 0.3) is 10.8 Å². The summed E-state index contributed by atoms with van der Waals surface area (Å²) in [6.07, 6.45) is 0. The van der Waals surface area contributed by atoms with Crippen molar-refractivity contribution in [1.29, 1.82) is 0 Å². The summed E-state index contributed by atoms with van der Waals surface area (Å²) in [4.78, 5) is 0. The molecule has 0 aliphatic carbocycles. The van der Waals surface area contributed by atoms with Gasteiger partial charge in [0.2, 0.25) is 0 Å². The van der Waals surface area contributed by atoms with Crippen molar-refractivity contribution in [2.75, 3.05) is 11.9 Å². The van der Waals surface area contributed by atoms with Crippen LogP contribution in [-0.4, -0.2) is 11.9 Å². The Balaban J connectivity index is 2.31. The van der Waals surface area contributed by atoms with Gasteiger partial charge in [0.1, 0.15) is 0 Å². The van der Waals surface area contributed by atoms with Crippen molar-refractivity contribution < 1.29 is 5.11 Å². The summed E-state index contributed by atoms with van der Waals surface area (Å²) in [5.74, 6) is 0.799. The molecule has 3 heteroatoms. The number of benzene rings is 2. The summed E-state index contributed by atoms with van der Waals surface area (Å²) in [6.45, 7) is 7.17. The first kappa shape index (κ1) is 13.6. The number of rotatable bonds is 2. The number of anilines is 1.